The lowest BCUT2D eigenvalue weighted by Crippen LogP contribution is -2.16. The molecule has 2 aliphatic rings. The first kappa shape index (κ1) is 31.3. The lowest BCUT2D eigenvalue weighted by Gasteiger charge is -2.29. The van der Waals surface area contributed by atoms with Gasteiger partial charge >= 0.3 is 0 Å². The zero-order chi connectivity index (χ0) is 34.9. The van der Waals surface area contributed by atoms with Gasteiger partial charge in [0.1, 0.15) is 0 Å². The molecule has 1 unspecified atom stereocenters. The summed E-state index contributed by atoms with van der Waals surface area (Å²) in [5.74, 6) is -3.03. The van der Waals surface area contributed by atoms with Gasteiger partial charge in [-0.1, -0.05) is 159 Å². The minimum absolute atomic E-state index is 0.00781. The van der Waals surface area contributed by atoms with Crippen LogP contribution in [0, 0.1) is 0 Å². The lowest BCUT2D eigenvalue weighted by atomic mass is 9.78. The number of allylic oxidation sites excluding steroid dienone is 1. The zero-order valence-corrected chi connectivity index (χ0v) is 28.8. The summed E-state index contributed by atoms with van der Waals surface area (Å²) in [6.07, 6.45) is 1.54. The van der Waals surface area contributed by atoms with E-state index in [0.717, 1.165) is 44.2 Å². The van der Waals surface area contributed by atoms with Gasteiger partial charge in [0.25, 0.3) is 5.92 Å². The van der Waals surface area contributed by atoms with E-state index in [9.17, 15) is 8.78 Å². The van der Waals surface area contributed by atoms with Crippen LogP contribution in [0.2, 0.25) is 0 Å². The van der Waals surface area contributed by atoms with Crippen molar-refractivity contribution in [1.82, 2.24) is 0 Å². The molecule has 51 heavy (non-hydrogen) atoms. The summed E-state index contributed by atoms with van der Waals surface area (Å²) in [5.41, 5.74) is 12.9. The third kappa shape index (κ3) is 4.90. The number of halogens is 2. The fraction of sp³-hybridized carbons (Fsp3) is 0.146. The molecule has 0 spiro atoms. The number of hydrogen-bond donors (Lipinski definition) is 0. The molecule has 1 aliphatic heterocycles. The van der Waals surface area contributed by atoms with Crippen molar-refractivity contribution in [2.75, 3.05) is 0 Å². The van der Waals surface area contributed by atoms with Gasteiger partial charge in [-0.05, 0) is 66.2 Å². The molecule has 3 heteroatoms. The number of hydrogen-bond acceptors (Lipinski definition) is 1. The predicted octanol–water partition coefficient (Wildman–Crippen LogP) is 13.3. The van der Waals surface area contributed by atoms with Crippen molar-refractivity contribution < 1.29 is 8.78 Å². The smallest absolute Gasteiger partial charge is 0.252 e. The second kappa shape index (κ2) is 11.7. The van der Waals surface area contributed by atoms with Crippen LogP contribution in [0.1, 0.15) is 66.0 Å². The van der Waals surface area contributed by atoms with Gasteiger partial charge in [-0.15, -0.1) is 6.58 Å². The topological polar surface area (TPSA) is 12.4 Å². The van der Waals surface area contributed by atoms with Gasteiger partial charge < -0.3 is 0 Å². The minimum atomic E-state index is -2.96. The predicted molar refractivity (Wildman–Crippen MR) is 209 cm³/mol. The molecule has 1 atom stereocenters. The third-order valence-electron chi connectivity index (χ3n) is 11.2. The summed E-state index contributed by atoms with van der Waals surface area (Å²) in [4.78, 5) is 5.45. The van der Waals surface area contributed by atoms with Gasteiger partial charge in [-0.25, -0.2) is 8.78 Å². The molecule has 0 amide bonds. The highest BCUT2D eigenvalue weighted by atomic mass is 19.3. The summed E-state index contributed by atoms with van der Waals surface area (Å²) in [7, 11) is 0. The van der Waals surface area contributed by atoms with E-state index in [2.05, 4.69) is 136 Å². The van der Waals surface area contributed by atoms with E-state index in [0.29, 0.717) is 6.42 Å². The zero-order valence-electron chi connectivity index (χ0n) is 28.8. The summed E-state index contributed by atoms with van der Waals surface area (Å²) in [5, 5.41) is 4.58. The molecule has 1 heterocycles. The van der Waals surface area contributed by atoms with Crippen LogP contribution < -0.4 is 0 Å². The second-order valence-electron chi connectivity index (χ2n) is 14.5. The highest BCUT2D eigenvalue weighted by Crippen LogP contribution is 2.52. The van der Waals surface area contributed by atoms with Gasteiger partial charge in [0.15, 0.2) is 0 Å². The number of benzene rings is 7. The summed E-state index contributed by atoms with van der Waals surface area (Å²) in [6, 6.07) is 48.2. The average molecular weight is 666 g/mol. The van der Waals surface area contributed by atoms with E-state index in [1.165, 1.54) is 44.8 Å². The monoisotopic (exact) mass is 665 g/mol. The fourth-order valence-electron chi connectivity index (χ4n) is 8.66. The Bertz CT molecular complexity index is 2540. The highest BCUT2D eigenvalue weighted by molar-refractivity contribution is 6.18. The van der Waals surface area contributed by atoms with Crippen LogP contribution in [0.3, 0.4) is 0 Å². The summed E-state index contributed by atoms with van der Waals surface area (Å²) >= 11 is 0. The molecule has 7 aromatic carbocycles. The molecular formula is C48H37F2N. The number of nitrogens with zero attached hydrogens (tertiary/aromatic N) is 1. The van der Waals surface area contributed by atoms with Gasteiger partial charge in [-0.2, -0.15) is 0 Å². The van der Waals surface area contributed by atoms with Crippen molar-refractivity contribution in [1.29, 1.82) is 0 Å². The molecular weight excluding hydrogens is 629 g/mol. The molecule has 0 saturated heterocycles. The molecule has 0 saturated carbocycles. The van der Waals surface area contributed by atoms with Gasteiger partial charge in [0.2, 0.25) is 0 Å². The molecule has 9 rings (SSSR count). The first-order valence-electron chi connectivity index (χ1n) is 17.7. The molecule has 0 N–H and O–H groups in total. The standard InChI is InChI=1S/C48H37F2N/c1-4-28-48(49,50)33-26-24-31(25-27-33)40-29-43(51-46-38-15-8-6-13-36(38)35-12-5-7-14-37(35)45(40)46)32-22-20-30(21-23-32)34-17-11-19-42-44(34)39-16-9-10-18-41(39)47(42,2)3/h4-27,40H,1,28-29H2,2-3H3. The highest BCUT2D eigenvalue weighted by Gasteiger charge is 2.37. The Morgan fingerprint density at radius 1 is 0.667 bits per heavy atom. The van der Waals surface area contributed by atoms with E-state index in [1.807, 2.05) is 12.1 Å². The molecule has 1 nitrogen and oxygen atoms in total. The molecule has 7 aromatic rings. The Hall–Kier alpha value is -5.67. The Kier molecular flexibility index (Phi) is 7.19. The SMILES string of the molecule is C=CCC(F)(F)c1ccc(C2CC(c3ccc(-c4cccc5c4-c4ccccc4C5(C)C)cc3)=Nc3c2c2ccccc2c2ccccc32)cc1. The number of aliphatic imine (C=N–C) groups is 1. The van der Waals surface area contributed by atoms with E-state index in [1.54, 1.807) is 12.1 Å². The van der Waals surface area contributed by atoms with Gasteiger partial charge in [-0.3, -0.25) is 4.99 Å². The van der Waals surface area contributed by atoms with E-state index >= 15 is 0 Å². The van der Waals surface area contributed by atoms with Crippen molar-refractivity contribution in [2.24, 2.45) is 4.99 Å². The van der Waals surface area contributed by atoms with Crippen LogP contribution in [0.15, 0.2) is 157 Å². The molecule has 0 radical (unpaired) electrons. The summed E-state index contributed by atoms with van der Waals surface area (Å²) in [6.45, 7) is 8.16. The van der Waals surface area contributed by atoms with Crippen LogP contribution >= 0.6 is 0 Å². The van der Waals surface area contributed by atoms with E-state index < -0.39 is 12.3 Å². The van der Waals surface area contributed by atoms with Crippen LogP contribution in [0.25, 0.3) is 43.8 Å². The summed E-state index contributed by atoms with van der Waals surface area (Å²) < 4.78 is 29.8. The Balaban J connectivity index is 1.18. The van der Waals surface area contributed by atoms with Crippen molar-refractivity contribution in [2.45, 2.75) is 43.9 Å². The largest absolute Gasteiger partial charge is 0.276 e. The maximum atomic E-state index is 14.9. The van der Waals surface area contributed by atoms with E-state index in [4.69, 9.17) is 4.99 Å². The Morgan fingerprint density at radius 3 is 1.98 bits per heavy atom. The van der Waals surface area contributed by atoms with Crippen molar-refractivity contribution in [3.8, 4) is 22.3 Å². The van der Waals surface area contributed by atoms with Crippen molar-refractivity contribution in [3.05, 3.63) is 186 Å². The second-order valence-corrected chi connectivity index (χ2v) is 14.5. The molecule has 0 fully saturated rings. The van der Waals surface area contributed by atoms with Crippen LogP contribution in [0.4, 0.5) is 14.5 Å². The molecule has 0 aromatic heterocycles. The maximum absolute atomic E-state index is 14.9. The fourth-order valence-corrected chi connectivity index (χ4v) is 8.66. The molecule has 248 valence electrons. The first-order valence-corrected chi connectivity index (χ1v) is 17.7. The van der Waals surface area contributed by atoms with Gasteiger partial charge in [0.05, 0.1) is 5.69 Å². The first-order chi connectivity index (χ1) is 24.8. The van der Waals surface area contributed by atoms with Crippen LogP contribution in [-0.2, 0) is 11.3 Å². The van der Waals surface area contributed by atoms with Crippen molar-refractivity contribution >= 4 is 32.9 Å². The Labute approximate surface area is 297 Å². The lowest BCUT2D eigenvalue weighted by molar-refractivity contribution is -0.000868. The number of alkyl halides is 2. The molecule has 0 bridgehead atoms. The van der Waals surface area contributed by atoms with Crippen LogP contribution in [0.5, 0.6) is 0 Å². The quantitative estimate of drug-likeness (QED) is 0.124. The van der Waals surface area contributed by atoms with Gasteiger partial charge in [0, 0.05) is 40.8 Å². The normalized spacial score (nSPS) is 16.0. The number of rotatable bonds is 6. The van der Waals surface area contributed by atoms with Crippen molar-refractivity contribution in [3.63, 3.8) is 0 Å². The molecule has 1 aliphatic carbocycles. The third-order valence-corrected chi connectivity index (χ3v) is 11.2. The van der Waals surface area contributed by atoms with Crippen LogP contribution in [-0.4, -0.2) is 5.71 Å². The Morgan fingerprint density at radius 2 is 1.25 bits per heavy atom. The van der Waals surface area contributed by atoms with E-state index in [-0.39, 0.29) is 16.9 Å². The minimum Gasteiger partial charge on any atom is -0.252 e. The maximum Gasteiger partial charge on any atom is 0.276 e. The average Bonchev–Trinajstić information content (AvgIpc) is 3.41. The number of fused-ring (bicyclic) bond motifs is 9.